The lowest BCUT2D eigenvalue weighted by Gasteiger charge is -2.12. The van der Waals surface area contributed by atoms with Crippen LogP contribution in [0.25, 0.3) is 0 Å². The van der Waals surface area contributed by atoms with Crippen LogP contribution in [0, 0.1) is 0 Å². The maximum absolute atomic E-state index is 12.1. The number of carbonyl (C=O) groups excluding carboxylic acids is 2. The minimum Gasteiger partial charge on any atom is -0.462 e. The average molecular weight is 279 g/mol. The highest BCUT2D eigenvalue weighted by Crippen LogP contribution is 2.38. The Bertz CT molecular complexity index is 519. The van der Waals surface area contributed by atoms with Crippen LogP contribution in [0.15, 0.2) is 12.7 Å². The number of anilines is 1. The predicted molar refractivity (Wildman–Crippen MR) is 75.7 cm³/mol. The first kappa shape index (κ1) is 13.8. The highest BCUT2D eigenvalue weighted by Gasteiger charge is 2.26. The number of esters is 1. The third kappa shape index (κ3) is 2.87. The van der Waals surface area contributed by atoms with E-state index in [0.29, 0.717) is 17.2 Å². The lowest BCUT2D eigenvalue weighted by Crippen LogP contribution is -2.13. The molecule has 1 amide bonds. The molecule has 0 radical (unpaired) electrons. The Balaban J connectivity index is 2.40. The van der Waals surface area contributed by atoms with Gasteiger partial charge in [-0.1, -0.05) is 6.58 Å². The van der Waals surface area contributed by atoms with Crippen LogP contribution in [0.4, 0.5) is 5.00 Å². The van der Waals surface area contributed by atoms with Gasteiger partial charge in [0.1, 0.15) is 5.00 Å². The standard InChI is InChI=1S/C14H17NO3S/c1-3-11(16)15-13-12(14(17)18-4-2)9-7-5-6-8-10(9)19-13/h3H,1,4-8H2,2H3,(H,15,16). The summed E-state index contributed by atoms with van der Waals surface area (Å²) >= 11 is 1.48. The van der Waals surface area contributed by atoms with Gasteiger partial charge in [-0.05, 0) is 44.2 Å². The zero-order valence-corrected chi connectivity index (χ0v) is 11.8. The minimum atomic E-state index is -0.346. The van der Waals surface area contributed by atoms with E-state index >= 15 is 0 Å². The van der Waals surface area contributed by atoms with Gasteiger partial charge in [0, 0.05) is 4.88 Å². The molecule has 102 valence electrons. The molecule has 0 bridgehead atoms. The maximum Gasteiger partial charge on any atom is 0.341 e. The maximum atomic E-state index is 12.1. The van der Waals surface area contributed by atoms with Crippen molar-refractivity contribution in [1.29, 1.82) is 0 Å². The second kappa shape index (κ2) is 6.02. The van der Waals surface area contributed by atoms with E-state index in [1.54, 1.807) is 6.92 Å². The predicted octanol–water partition coefficient (Wildman–Crippen LogP) is 2.93. The molecule has 0 aromatic carbocycles. The topological polar surface area (TPSA) is 55.4 Å². The summed E-state index contributed by atoms with van der Waals surface area (Å²) in [6, 6.07) is 0. The van der Waals surface area contributed by atoms with Crippen LogP contribution in [-0.2, 0) is 22.4 Å². The van der Waals surface area contributed by atoms with Gasteiger partial charge < -0.3 is 10.1 Å². The second-order valence-corrected chi connectivity index (χ2v) is 5.43. The summed E-state index contributed by atoms with van der Waals surface area (Å²) in [4.78, 5) is 24.7. The fraction of sp³-hybridized carbons (Fsp3) is 0.429. The summed E-state index contributed by atoms with van der Waals surface area (Å²) in [6.07, 6.45) is 5.25. The molecule has 1 aliphatic rings. The summed E-state index contributed by atoms with van der Waals surface area (Å²) in [5.74, 6) is -0.648. The van der Waals surface area contributed by atoms with Crippen molar-refractivity contribution in [3.05, 3.63) is 28.7 Å². The number of rotatable bonds is 4. The van der Waals surface area contributed by atoms with Crippen molar-refractivity contribution in [3.63, 3.8) is 0 Å². The highest BCUT2D eigenvalue weighted by molar-refractivity contribution is 7.17. The van der Waals surface area contributed by atoms with E-state index in [4.69, 9.17) is 4.74 Å². The van der Waals surface area contributed by atoms with Crippen LogP contribution < -0.4 is 5.32 Å². The number of ether oxygens (including phenoxy) is 1. The van der Waals surface area contributed by atoms with Crippen molar-refractivity contribution in [1.82, 2.24) is 0 Å². The van der Waals surface area contributed by atoms with Gasteiger partial charge in [0.2, 0.25) is 5.91 Å². The fourth-order valence-corrected chi connectivity index (χ4v) is 3.52. The van der Waals surface area contributed by atoms with Gasteiger partial charge in [0.15, 0.2) is 0 Å². The molecule has 1 aromatic rings. The van der Waals surface area contributed by atoms with E-state index in [1.807, 2.05) is 0 Å². The molecule has 2 rings (SSSR count). The fourth-order valence-electron chi connectivity index (χ4n) is 2.24. The molecule has 0 saturated carbocycles. The first-order valence-corrected chi connectivity index (χ1v) is 7.24. The lowest BCUT2D eigenvalue weighted by molar-refractivity contribution is -0.111. The monoisotopic (exact) mass is 279 g/mol. The number of amides is 1. The van der Waals surface area contributed by atoms with E-state index in [2.05, 4.69) is 11.9 Å². The van der Waals surface area contributed by atoms with Gasteiger partial charge in [0.05, 0.1) is 12.2 Å². The van der Waals surface area contributed by atoms with E-state index in [9.17, 15) is 9.59 Å². The van der Waals surface area contributed by atoms with E-state index in [1.165, 1.54) is 22.3 Å². The Hall–Kier alpha value is -1.62. The number of fused-ring (bicyclic) bond motifs is 1. The van der Waals surface area contributed by atoms with Crippen LogP contribution in [-0.4, -0.2) is 18.5 Å². The van der Waals surface area contributed by atoms with Crippen molar-refractivity contribution in [3.8, 4) is 0 Å². The Kier molecular flexibility index (Phi) is 4.37. The normalized spacial score (nSPS) is 13.5. The third-order valence-electron chi connectivity index (χ3n) is 3.07. The summed E-state index contributed by atoms with van der Waals surface area (Å²) in [7, 11) is 0. The molecule has 1 aromatic heterocycles. The van der Waals surface area contributed by atoms with E-state index in [0.717, 1.165) is 31.2 Å². The molecule has 0 fully saturated rings. The number of hydrogen-bond donors (Lipinski definition) is 1. The molecule has 0 saturated heterocycles. The number of nitrogens with one attached hydrogen (secondary N) is 1. The molecule has 0 unspecified atom stereocenters. The summed E-state index contributed by atoms with van der Waals surface area (Å²) in [5.41, 5.74) is 1.59. The number of thiophene rings is 1. The van der Waals surface area contributed by atoms with E-state index in [-0.39, 0.29) is 11.9 Å². The zero-order valence-electron chi connectivity index (χ0n) is 11.0. The molecule has 1 aliphatic carbocycles. The first-order valence-electron chi connectivity index (χ1n) is 6.42. The number of carbonyl (C=O) groups is 2. The zero-order chi connectivity index (χ0) is 13.8. The molecule has 4 nitrogen and oxygen atoms in total. The number of hydrogen-bond acceptors (Lipinski definition) is 4. The summed E-state index contributed by atoms with van der Waals surface area (Å²) < 4.78 is 5.10. The highest BCUT2D eigenvalue weighted by atomic mass is 32.1. The van der Waals surface area contributed by atoms with Gasteiger partial charge in [-0.25, -0.2) is 4.79 Å². The van der Waals surface area contributed by atoms with Gasteiger partial charge in [-0.15, -0.1) is 11.3 Å². The van der Waals surface area contributed by atoms with E-state index < -0.39 is 0 Å². The van der Waals surface area contributed by atoms with Crippen molar-refractivity contribution in [2.75, 3.05) is 11.9 Å². The molecule has 5 heteroatoms. The SMILES string of the molecule is C=CC(=O)Nc1sc2c(c1C(=O)OCC)CCCC2. The van der Waals surface area contributed by atoms with Gasteiger partial charge in [-0.3, -0.25) is 4.79 Å². The molecular weight excluding hydrogens is 262 g/mol. The Morgan fingerprint density at radius 3 is 2.84 bits per heavy atom. The van der Waals surface area contributed by atoms with Gasteiger partial charge in [-0.2, -0.15) is 0 Å². The first-order chi connectivity index (χ1) is 9.17. The largest absolute Gasteiger partial charge is 0.462 e. The van der Waals surface area contributed by atoms with Crippen LogP contribution in [0.2, 0.25) is 0 Å². The molecule has 1 heterocycles. The van der Waals surface area contributed by atoms with Crippen LogP contribution in [0.3, 0.4) is 0 Å². The lowest BCUT2D eigenvalue weighted by atomic mass is 9.95. The molecule has 0 aliphatic heterocycles. The van der Waals surface area contributed by atoms with Crippen LogP contribution in [0.1, 0.15) is 40.6 Å². The average Bonchev–Trinajstić information content (AvgIpc) is 2.76. The molecule has 19 heavy (non-hydrogen) atoms. The van der Waals surface area contributed by atoms with Gasteiger partial charge >= 0.3 is 5.97 Å². The van der Waals surface area contributed by atoms with Gasteiger partial charge in [0.25, 0.3) is 0 Å². The van der Waals surface area contributed by atoms with Crippen molar-refractivity contribution in [2.24, 2.45) is 0 Å². The number of aryl methyl sites for hydroxylation is 1. The second-order valence-electron chi connectivity index (χ2n) is 4.33. The molecule has 0 atom stereocenters. The summed E-state index contributed by atoms with van der Waals surface area (Å²) in [5, 5.41) is 3.31. The Morgan fingerprint density at radius 1 is 1.42 bits per heavy atom. The molecule has 1 N–H and O–H groups in total. The smallest absolute Gasteiger partial charge is 0.341 e. The quantitative estimate of drug-likeness (QED) is 0.681. The van der Waals surface area contributed by atoms with Crippen molar-refractivity contribution >= 4 is 28.2 Å². The van der Waals surface area contributed by atoms with Crippen LogP contribution in [0.5, 0.6) is 0 Å². The van der Waals surface area contributed by atoms with Crippen LogP contribution >= 0.6 is 11.3 Å². The molecule has 0 spiro atoms. The van der Waals surface area contributed by atoms with Crippen molar-refractivity contribution < 1.29 is 14.3 Å². The molecular formula is C14H17NO3S. The van der Waals surface area contributed by atoms with Crippen molar-refractivity contribution in [2.45, 2.75) is 32.6 Å². The Labute approximate surface area is 116 Å². The minimum absolute atomic E-state index is 0.302. The Morgan fingerprint density at radius 2 is 2.16 bits per heavy atom. The summed E-state index contributed by atoms with van der Waals surface area (Å²) in [6.45, 7) is 5.53. The third-order valence-corrected chi connectivity index (χ3v) is 4.28.